The second-order valence-electron chi connectivity index (χ2n) is 6.91. The summed E-state index contributed by atoms with van der Waals surface area (Å²) < 4.78 is 0. The van der Waals surface area contributed by atoms with Gasteiger partial charge in [-0.3, -0.25) is 9.59 Å². The number of carbonyl (C=O) groups is 2. The molecule has 1 aliphatic heterocycles. The minimum absolute atomic E-state index is 0.139. The van der Waals surface area contributed by atoms with Crippen LogP contribution < -0.4 is 11.5 Å². The number of hydrogen-bond acceptors (Lipinski definition) is 3. The van der Waals surface area contributed by atoms with Crippen LogP contribution in [-0.4, -0.2) is 36.3 Å². The van der Waals surface area contributed by atoms with Crippen LogP contribution in [0.2, 0.25) is 0 Å². The fourth-order valence-corrected chi connectivity index (χ4v) is 2.89. The standard InChI is InChI=1S/C15H29N3O2/c1-15(2,3)12(6-8-16)4-5-13(19)18-9-7-11(10-18)14(17)20/h11-12H,4-10,16H2,1-3H3,(H2,17,20). The molecular weight excluding hydrogens is 254 g/mol. The van der Waals surface area contributed by atoms with Crippen LogP contribution in [-0.2, 0) is 9.59 Å². The lowest BCUT2D eigenvalue weighted by molar-refractivity contribution is -0.131. The molecule has 0 radical (unpaired) electrons. The molecule has 1 heterocycles. The van der Waals surface area contributed by atoms with Gasteiger partial charge in [0.05, 0.1) is 5.92 Å². The first-order chi connectivity index (χ1) is 9.25. The quantitative estimate of drug-likeness (QED) is 0.765. The summed E-state index contributed by atoms with van der Waals surface area (Å²) in [5.74, 6) is 0.128. The summed E-state index contributed by atoms with van der Waals surface area (Å²) >= 11 is 0. The zero-order valence-electron chi connectivity index (χ0n) is 13.0. The van der Waals surface area contributed by atoms with Crippen LogP contribution in [0.1, 0.15) is 46.5 Å². The van der Waals surface area contributed by atoms with Gasteiger partial charge in [0.15, 0.2) is 0 Å². The molecule has 0 aliphatic carbocycles. The number of nitrogens with zero attached hydrogens (tertiary/aromatic N) is 1. The second-order valence-corrected chi connectivity index (χ2v) is 6.91. The van der Waals surface area contributed by atoms with Crippen LogP contribution in [0, 0.1) is 17.3 Å². The number of likely N-dealkylation sites (tertiary alicyclic amines) is 1. The Labute approximate surface area is 122 Å². The van der Waals surface area contributed by atoms with Gasteiger partial charge in [0.1, 0.15) is 0 Å². The van der Waals surface area contributed by atoms with E-state index in [1.165, 1.54) is 0 Å². The Bertz CT molecular complexity index is 350. The maximum Gasteiger partial charge on any atom is 0.222 e. The number of rotatable bonds is 6. The number of nitrogens with two attached hydrogens (primary N) is 2. The zero-order valence-corrected chi connectivity index (χ0v) is 13.0. The summed E-state index contributed by atoms with van der Waals surface area (Å²) in [6.45, 7) is 8.38. The van der Waals surface area contributed by atoms with Crippen molar-refractivity contribution in [1.29, 1.82) is 0 Å². The van der Waals surface area contributed by atoms with Gasteiger partial charge in [0.25, 0.3) is 0 Å². The van der Waals surface area contributed by atoms with Crippen molar-refractivity contribution in [2.24, 2.45) is 28.7 Å². The van der Waals surface area contributed by atoms with Gasteiger partial charge in [0.2, 0.25) is 11.8 Å². The molecule has 4 N–H and O–H groups in total. The summed E-state index contributed by atoms with van der Waals surface area (Å²) in [6, 6.07) is 0. The van der Waals surface area contributed by atoms with Crippen molar-refractivity contribution in [2.45, 2.75) is 46.5 Å². The van der Waals surface area contributed by atoms with Crippen molar-refractivity contribution >= 4 is 11.8 Å². The number of carbonyl (C=O) groups excluding carboxylic acids is 2. The van der Waals surface area contributed by atoms with E-state index in [0.717, 1.165) is 12.8 Å². The molecule has 2 atom stereocenters. The Hall–Kier alpha value is -1.10. The maximum atomic E-state index is 12.2. The minimum atomic E-state index is -0.295. The molecule has 20 heavy (non-hydrogen) atoms. The molecule has 116 valence electrons. The van der Waals surface area contributed by atoms with Crippen LogP contribution in [0.25, 0.3) is 0 Å². The molecule has 2 unspecified atom stereocenters. The minimum Gasteiger partial charge on any atom is -0.369 e. The average Bonchev–Trinajstić information content (AvgIpc) is 2.82. The van der Waals surface area contributed by atoms with Crippen molar-refractivity contribution < 1.29 is 9.59 Å². The number of amides is 2. The molecule has 1 aliphatic rings. The highest BCUT2D eigenvalue weighted by Crippen LogP contribution is 2.32. The average molecular weight is 283 g/mol. The van der Waals surface area contributed by atoms with Crippen LogP contribution in [0.15, 0.2) is 0 Å². The molecule has 5 nitrogen and oxygen atoms in total. The van der Waals surface area contributed by atoms with E-state index < -0.39 is 0 Å². The first-order valence-electron chi connectivity index (χ1n) is 7.53. The lowest BCUT2D eigenvalue weighted by Gasteiger charge is -2.31. The predicted molar refractivity (Wildman–Crippen MR) is 79.7 cm³/mol. The van der Waals surface area contributed by atoms with Gasteiger partial charge < -0.3 is 16.4 Å². The van der Waals surface area contributed by atoms with Crippen molar-refractivity contribution in [3.05, 3.63) is 0 Å². The molecule has 1 fully saturated rings. The zero-order chi connectivity index (χ0) is 15.3. The molecule has 0 aromatic carbocycles. The van der Waals surface area contributed by atoms with Crippen molar-refractivity contribution in [3.8, 4) is 0 Å². The maximum absolute atomic E-state index is 12.2. The van der Waals surface area contributed by atoms with Crippen molar-refractivity contribution in [1.82, 2.24) is 4.90 Å². The predicted octanol–water partition coefficient (Wildman–Crippen LogP) is 1.11. The van der Waals surface area contributed by atoms with Crippen LogP contribution >= 0.6 is 0 Å². The van der Waals surface area contributed by atoms with E-state index in [9.17, 15) is 9.59 Å². The van der Waals surface area contributed by atoms with Gasteiger partial charge in [-0.1, -0.05) is 20.8 Å². The van der Waals surface area contributed by atoms with Gasteiger partial charge >= 0.3 is 0 Å². The number of hydrogen-bond donors (Lipinski definition) is 2. The molecule has 5 heteroatoms. The van der Waals surface area contributed by atoms with Crippen molar-refractivity contribution in [3.63, 3.8) is 0 Å². The first-order valence-corrected chi connectivity index (χ1v) is 7.53. The van der Waals surface area contributed by atoms with Gasteiger partial charge in [-0.2, -0.15) is 0 Å². The molecular formula is C15H29N3O2. The Morgan fingerprint density at radius 2 is 1.95 bits per heavy atom. The Kier molecular flexibility index (Phi) is 5.99. The number of primary amides is 1. The molecule has 2 amide bonds. The molecule has 0 aromatic rings. The highest BCUT2D eigenvalue weighted by atomic mass is 16.2. The third-order valence-corrected chi connectivity index (χ3v) is 4.39. The second kappa shape index (κ2) is 7.07. The fourth-order valence-electron chi connectivity index (χ4n) is 2.89. The van der Waals surface area contributed by atoms with E-state index in [1.807, 2.05) is 0 Å². The van der Waals surface area contributed by atoms with E-state index in [-0.39, 0.29) is 23.1 Å². The topological polar surface area (TPSA) is 89.4 Å². The molecule has 0 saturated carbocycles. The molecule has 1 rings (SSSR count). The van der Waals surface area contributed by atoms with Gasteiger partial charge in [-0.15, -0.1) is 0 Å². The highest BCUT2D eigenvalue weighted by Gasteiger charge is 2.30. The Morgan fingerprint density at radius 1 is 1.30 bits per heavy atom. The normalized spacial score (nSPS) is 21.0. The van der Waals surface area contributed by atoms with Crippen molar-refractivity contribution in [2.75, 3.05) is 19.6 Å². The van der Waals surface area contributed by atoms with E-state index in [4.69, 9.17) is 11.5 Å². The van der Waals surface area contributed by atoms with Crippen LogP contribution in [0.3, 0.4) is 0 Å². The van der Waals surface area contributed by atoms with E-state index in [1.54, 1.807) is 4.90 Å². The summed E-state index contributed by atoms with van der Waals surface area (Å²) in [4.78, 5) is 25.1. The summed E-state index contributed by atoms with van der Waals surface area (Å²) in [5.41, 5.74) is 11.1. The van der Waals surface area contributed by atoms with E-state index in [2.05, 4.69) is 20.8 Å². The Balaban J connectivity index is 2.44. The highest BCUT2D eigenvalue weighted by molar-refractivity contribution is 5.81. The lowest BCUT2D eigenvalue weighted by Crippen LogP contribution is -2.32. The molecule has 0 spiro atoms. The largest absolute Gasteiger partial charge is 0.369 e. The third-order valence-electron chi connectivity index (χ3n) is 4.39. The lowest BCUT2D eigenvalue weighted by atomic mass is 9.76. The van der Waals surface area contributed by atoms with Gasteiger partial charge in [-0.05, 0) is 37.1 Å². The smallest absolute Gasteiger partial charge is 0.222 e. The van der Waals surface area contributed by atoms with E-state index >= 15 is 0 Å². The summed E-state index contributed by atoms with van der Waals surface area (Å²) in [5, 5.41) is 0. The Morgan fingerprint density at radius 3 is 2.40 bits per heavy atom. The van der Waals surface area contributed by atoms with E-state index in [0.29, 0.717) is 38.4 Å². The SMILES string of the molecule is CC(C)(C)C(CCN)CCC(=O)N1CCC(C(N)=O)C1. The molecule has 0 bridgehead atoms. The van der Waals surface area contributed by atoms with Gasteiger partial charge in [0, 0.05) is 19.5 Å². The van der Waals surface area contributed by atoms with Gasteiger partial charge in [-0.25, -0.2) is 0 Å². The summed E-state index contributed by atoms with van der Waals surface area (Å²) in [6.07, 6.45) is 3.04. The fraction of sp³-hybridized carbons (Fsp3) is 0.867. The monoisotopic (exact) mass is 283 g/mol. The molecule has 1 saturated heterocycles. The van der Waals surface area contributed by atoms with Crippen LogP contribution in [0.5, 0.6) is 0 Å². The third kappa shape index (κ3) is 4.78. The van der Waals surface area contributed by atoms with Crippen LogP contribution in [0.4, 0.5) is 0 Å². The first kappa shape index (κ1) is 17.0. The molecule has 0 aromatic heterocycles. The summed E-state index contributed by atoms with van der Waals surface area (Å²) in [7, 11) is 0.